The SMILES string of the molecule is CCCCCCC[C@H](NC(=O)[C@H](CCC)NC(=O)[C@@H](Cc1ccccc1)NC)C(=O)N[C@H](CCC(N)=O)C(=O)N[C@@H](C(=O)N[C@H](C(=O)N[C@@H](CO)C(=O)N[C@H]1C(=O)N[C@@H](C)C(=O)N[C@@]2(C[C@H]2CC(F)F)C(=O)N[C@@H]([C@@H](C)CC)C(=O)O[C@H]1C)[C@@H](C)CC)[C@@H](C)CC. The number of nitrogens with two attached hydrogens (primary N) is 1. The van der Waals surface area contributed by atoms with Crippen molar-refractivity contribution in [2.75, 3.05) is 13.7 Å². The van der Waals surface area contributed by atoms with Crippen LogP contribution >= 0.6 is 0 Å². The zero-order valence-electron chi connectivity index (χ0n) is 54.7. The molecule has 512 valence electrons. The second-order valence-electron chi connectivity index (χ2n) is 24.4. The Morgan fingerprint density at radius 1 is 0.648 bits per heavy atom. The standard InChI is InChI=1S/C63H102F2N12O14/c1-12-17-18-19-23-27-42(70-53(81)41(24-13-2)69-56(84)44(67-11)30-39-25-21-20-22-26-39)54(82)71-43(28-29-47(66)79)55(83)73-49(35(7)15-4)59(87)74-48(34(6)14-3)58(86)72-45(33-78)57(85)75-51-38(10)91-61(89)50(36(8)16-5)76-62(90)63(32-40(63)31-46(64)65)77-52(80)37(9)68-60(51)88/h20-22,25-26,34-38,40-46,48-51,67,78H,12-19,23-24,27-33H2,1-11H3,(H2,66,79)(H,68,88)(H,69,84)(H,70,81)(H,71,82)(H,72,86)(H,73,83)(H,74,87)(H,75,85)(H,76,90)(H,77,80)/t34-,35-,36-,37-,38-,40+,41-,42-,43+,44+,45-,48-,49+,50-,51+,63+/m0/s1. The average Bonchev–Trinajstić information content (AvgIpc) is 1.59. The molecule has 2 aliphatic rings. The molecule has 0 aromatic heterocycles. The Morgan fingerprint density at radius 2 is 1.18 bits per heavy atom. The van der Waals surface area contributed by atoms with Crippen LogP contribution in [-0.2, 0) is 68.7 Å². The molecule has 28 heteroatoms. The van der Waals surface area contributed by atoms with E-state index in [4.69, 9.17) is 10.5 Å². The van der Waals surface area contributed by atoms with Gasteiger partial charge in [-0.05, 0) is 82.2 Å². The summed E-state index contributed by atoms with van der Waals surface area (Å²) in [5.74, 6) is -13.6. The zero-order chi connectivity index (χ0) is 68.3. The summed E-state index contributed by atoms with van der Waals surface area (Å²) < 4.78 is 32.8. The van der Waals surface area contributed by atoms with Crippen LogP contribution in [0.4, 0.5) is 8.78 Å². The molecule has 0 unspecified atom stereocenters. The normalized spacial score (nSPS) is 22.6. The maximum Gasteiger partial charge on any atom is 0.329 e. The first kappa shape index (κ1) is 77.9. The fraction of sp³-hybridized carbons (Fsp3) is 0.714. The number of hydrogen-bond acceptors (Lipinski definition) is 15. The van der Waals surface area contributed by atoms with Crippen LogP contribution < -0.4 is 64.2 Å². The van der Waals surface area contributed by atoms with E-state index in [0.29, 0.717) is 32.1 Å². The van der Waals surface area contributed by atoms with E-state index in [1.54, 1.807) is 48.6 Å². The van der Waals surface area contributed by atoms with Crippen LogP contribution in [0.5, 0.6) is 0 Å². The van der Waals surface area contributed by atoms with E-state index < -0.39 is 186 Å². The summed E-state index contributed by atoms with van der Waals surface area (Å²) in [6.07, 6.45) is -0.0112. The predicted molar refractivity (Wildman–Crippen MR) is 333 cm³/mol. The van der Waals surface area contributed by atoms with Crippen LogP contribution in [0.25, 0.3) is 0 Å². The largest absolute Gasteiger partial charge is 0.458 e. The first-order valence-corrected chi connectivity index (χ1v) is 32.2. The Bertz CT molecular complexity index is 2620. The summed E-state index contributed by atoms with van der Waals surface area (Å²) in [7, 11) is 1.63. The molecule has 0 radical (unpaired) electrons. The van der Waals surface area contributed by atoms with Gasteiger partial charge in [0.25, 0.3) is 0 Å². The van der Waals surface area contributed by atoms with E-state index in [0.717, 1.165) is 24.8 Å². The molecule has 1 aliphatic carbocycles. The van der Waals surface area contributed by atoms with Crippen molar-refractivity contribution < 1.29 is 76.2 Å². The third-order valence-electron chi connectivity index (χ3n) is 17.3. The fourth-order valence-electron chi connectivity index (χ4n) is 10.6. The number of cyclic esters (lactones) is 1. The molecule has 1 spiro atoms. The minimum Gasteiger partial charge on any atom is -0.458 e. The third-order valence-corrected chi connectivity index (χ3v) is 17.3. The molecule has 26 nitrogen and oxygen atoms in total. The number of ether oxygens (including phenoxy) is 1. The lowest BCUT2D eigenvalue weighted by atomic mass is 9.94. The van der Waals surface area contributed by atoms with Gasteiger partial charge in [0.05, 0.1) is 12.6 Å². The molecule has 1 aromatic carbocycles. The lowest BCUT2D eigenvalue weighted by Gasteiger charge is -2.31. The quantitative estimate of drug-likeness (QED) is 0.0329. The highest BCUT2D eigenvalue weighted by Crippen LogP contribution is 2.48. The highest BCUT2D eigenvalue weighted by Gasteiger charge is 2.62. The van der Waals surface area contributed by atoms with E-state index in [-0.39, 0.29) is 44.9 Å². The van der Waals surface area contributed by atoms with Gasteiger partial charge in [-0.1, -0.05) is 144 Å². The number of nitrogens with one attached hydrogen (secondary N) is 11. The number of alkyl halides is 2. The molecule has 1 saturated heterocycles. The van der Waals surface area contributed by atoms with Gasteiger partial charge in [-0.2, -0.15) is 0 Å². The van der Waals surface area contributed by atoms with Gasteiger partial charge in [0.15, 0.2) is 0 Å². The Labute approximate surface area is 533 Å². The number of halogens is 2. The second-order valence-corrected chi connectivity index (χ2v) is 24.4. The van der Waals surface area contributed by atoms with Gasteiger partial charge in [0.1, 0.15) is 66.0 Å². The van der Waals surface area contributed by atoms with Crippen molar-refractivity contribution in [2.45, 2.75) is 250 Å². The highest BCUT2D eigenvalue weighted by molar-refractivity contribution is 6.01. The van der Waals surface area contributed by atoms with Gasteiger partial charge in [-0.3, -0.25) is 52.7 Å². The number of carbonyl (C=O) groups excluding carboxylic acids is 12. The van der Waals surface area contributed by atoms with Gasteiger partial charge in [0.2, 0.25) is 71.4 Å². The number of likely N-dealkylation sites (N-methyl/N-ethyl adjacent to an activating group) is 1. The summed E-state index contributed by atoms with van der Waals surface area (Å²) in [6.45, 7) is 15.3. The van der Waals surface area contributed by atoms with Crippen molar-refractivity contribution in [1.29, 1.82) is 0 Å². The van der Waals surface area contributed by atoms with Crippen LogP contribution in [0.3, 0.4) is 0 Å². The van der Waals surface area contributed by atoms with Crippen LogP contribution in [0.2, 0.25) is 0 Å². The highest BCUT2D eigenvalue weighted by atomic mass is 19.3. The van der Waals surface area contributed by atoms with Gasteiger partial charge in [-0.25, -0.2) is 13.6 Å². The van der Waals surface area contributed by atoms with Gasteiger partial charge in [0, 0.05) is 12.8 Å². The molecule has 16 atom stereocenters. The number of unbranched alkanes of at least 4 members (excludes halogenated alkanes) is 4. The Morgan fingerprint density at radius 3 is 1.70 bits per heavy atom. The first-order valence-electron chi connectivity index (χ1n) is 32.2. The molecule has 11 amide bonds. The second kappa shape index (κ2) is 38.5. The molecule has 1 aromatic rings. The summed E-state index contributed by atoms with van der Waals surface area (Å²) in [5.41, 5.74) is 4.61. The minimum atomic E-state index is -2.83. The van der Waals surface area contributed by atoms with Crippen LogP contribution in [0.15, 0.2) is 30.3 Å². The predicted octanol–water partition coefficient (Wildman–Crippen LogP) is 1.23. The number of rotatable bonds is 37. The first-order chi connectivity index (χ1) is 43.1. The number of carbonyl (C=O) groups is 12. The van der Waals surface area contributed by atoms with E-state index in [1.807, 2.05) is 44.2 Å². The Hall–Kier alpha value is -7.36. The maximum absolute atomic E-state index is 14.5. The average molecular weight is 1290 g/mol. The molecule has 1 aliphatic heterocycles. The van der Waals surface area contributed by atoms with Crippen molar-refractivity contribution in [2.24, 2.45) is 29.4 Å². The van der Waals surface area contributed by atoms with Crippen LogP contribution in [0, 0.1) is 23.7 Å². The molecule has 1 heterocycles. The topological polar surface area (TPSA) is 393 Å². The van der Waals surface area contributed by atoms with Crippen LogP contribution in [-0.4, -0.2) is 168 Å². The van der Waals surface area contributed by atoms with E-state index in [9.17, 15) is 71.4 Å². The molecular weight excluding hydrogens is 1190 g/mol. The molecule has 1 saturated carbocycles. The van der Waals surface area contributed by atoms with Crippen molar-refractivity contribution in [3.8, 4) is 0 Å². The Balaban J connectivity index is 1.90. The Kier molecular flexibility index (Phi) is 32.9. The number of aliphatic hydroxyl groups is 1. The molecule has 0 bridgehead atoms. The molecule has 3 rings (SSSR count). The van der Waals surface area contributed by atoms with Crippen molar-refractivity contribution >= 4 is 70.9 Å². The van der Waals surface area contributed by atoms with E-state index >= 15 is 0 Å². The van der Waals surface area contributed by atoms with Gasteiger partial charge >= 0.3 is 5.97 Å². The number of benzene rings is 1. The number of primary amides is 1. The molecular formula is C63H102F2N12O14. The molecule has 2 fully saturated rings. The zero-order valence-corrected chi connectivity index (χ0v) is 54.7. The monoisotopic (exact) mass is 1290 g/mol. The summed E-state index contributed by atoms with van der Waals surface area (Å²) in [6, 6.07) is -4.52. The summed E-state index contributed by atoms with van der Waals surface area (Å²) in [5, 5.41) is 39.5. The van der Waals surface area contributed by atoms with Crippen molar-refractivity contribution in [3.05, 3.63) is 35.9 Å². The fourth-order valence-corrected chi connectivity index (χ4v) is 10.6. The molecule has 14 N–H and O–H groups in total. The smallest absolute Gasteiger partial charge is 0.329 e. The van der Waals surface area contributed by atoms with Gasteiger partial charge in [-0.15, -0.1) is 0 Å². The van der Waals surface area contributed by atoms with E-state index in [1.165, 1.54) is 13.8 Å². The molecule has 91 heavy (non-hydrogen) atoms. The number of hydrogen-bond donors (Lipinski definition) is 13. The lowest BCUT2D eigenvalue weighted by Crippen LogP contribution is -2.63. The van der Waals surface area contributed by atoms with Crippen LogP contribution in [0.1, 0.15) is 171 Å². The summed E-state index contributed by atoms with van der Waals surface area (Å²) in [4.78, 5) is 167. The van der Waals surface area contributed by atoms with Gasteiger partial charge < -0.3 is 74.1 Å². The van der Waals surface area contributed by atoms with E-state index in [2.05, 4.69) is 58.5 Å². The number of esters is 1. The van der Waals surface area contributed by atoms with Crippen molar-refractivity contribution in [3.63, 3.8) is 0 Å². The maximum atomic E-state index is 14.5. The third kappa shape index (κ3) is 24.0. The van der Waals surface area contributed by atoms with Crippen molar-refractivity contribution in [1.82, 2.24) is 58.5 Å². The number of aliphatic hydroxyl groups excluding tert-OH is 1. The lowest BCUT2D eigenvalue weighted by molar-refractivity contribution is -0.157. The number of amides is 11. The summed E-state index contributed by atoms with van der Waals surface area (Å²) >= 11 is 0. The minimum absolute atomic E-state index is 0.142.